The minimum atomic E-state index is -4.20. The number of hydrogen-bond acceptors (Lipinski definition) is 9. The number of non-ortho nitro benzene ring substituents is 1. The number of carbonyl (C=O) groups excluding carboxylic acids is 1. The highest BCUT2D eigenvalue weighted by Gasteiger charge is 2.29. The average Bonchev–Trinajstić information content (AvgIpc) is 3.43. The van der Waals surface area contributed by atoms with Gasteiger partial charge in [0.2, 0.25) is 6.29 Å². The molecule has 3 aromatic rings. The molecule has 1 heterocycles. The first-order valence-corrected chi connectivity index (χ1v) is 14.4. The van der Waals surface area contributed by atoms with Crippen molar-refractivity contribution in [3.8, 4) is 0 Å². The molecule has 12 heteroatoms. The highest BCUT2D eigenvalue weighted by atomic mass is 32.2. The second kappa shape index (κ2) is 13.3. The number of benzene rings is 3. The van der Waals surface area contributed by atoms with Crippen molar-refractivity contribution in [3.05, 3.63) is 106 Å². The summed E-state index contributed by atoms with van der Waals surface area (Å²) in [6.45, 7) is 1.94. The van der Waals surface area contributed by atoms with E-state index in [9.17, 15) is 23.3 Å². The Morgan fingerprint density at radius 1 is 1.07 bits per heavy atom. The number of carbonyl (C=O) groups is 1. The van der Waals surface area contributed by atoms with E-state index in [4.69, 9.17) is 9.47 Å². The summed E-state index contributed by atoms with van der Waals surface area (Å²) in [5.74, 6) is -0.128. The van der Waals surface area contributed by atoms with E-state index >= 15 is 0 Å². The molecule has 0 saturated carbocycles. The van der Waals surface area contributed by atoms with Crippen LogP contribution in [0, 0.1) is 17.0 Å². The molecule has 0 aromatic heterocycles. The van der Waals surface area contributed by atoms with Crippen molar-refractivity contribution in [2.75, 3.05) is 18.1 Å². The van der Waals surface area contributed by atoms with Crippen molar-refractivity contribution < 1.29 is 32.3 Å². The van der Waals surface area contributed by atoms with Gasteiger partial charge in [0.1, 0.15) is 6.26 Å². The van der Waals surface area contributed by atoms with Crippen molar-refractivity contribution in [1.29, 1.82) is 0 Å². The van der Waals surface area contributed by atoms with Crippen LogP contribution in [0.5, 0.6) is 0 Å². The number of sulfonamides is 1. The van der Waals surface area contributed by atoms with Gasteiger partial charge in [-0.2, -0.15) is 12.8 Å². The molecule has 1 atom stereocenters. The van der Waals surface area contributed by atoms with Gasteiger partial charge in [0.05, 0.1) is 22.6 Å². The number of unbranched alkanes of at least 4 members (excludes halogenated alkanes) is 1. The third kappa shape index (κ3) is 7.62. The van der Waals surface area contributed by atoms with Crippen LogP contribution in [-0.2, 0) is 35.4 Å². The molecule has 1 N–H and O–H groups in total. The summed E-state index contributed by atoms with van der Waals surface area (Å²) in [7, 11) is -2.90. The Kier molecular flexibility index (Phi) is 9.58. The maximum atomic E-state index is 13.8. The predicted molar refractivity (Wildman–Crippen MR) is 152 cm³/mol. The molecule has 3 aromatic carbocycles. The summed E-state index contributed by atoms with van der Waals surface area (Å²) >= 11 is 0. The number of esters is 1. The van der Waals surface area contributed by atoms with E-state index in [-0.39, 0.29) is 46.5 Å². The lowest BCUT2D eigenvalue weighted by atomic mass is 10.1. The molecule has 0 aliphatic carbocycles. The zero-order valence-electron chi connectivity index (χ0n) is 22.7. The Morgan fingerprint density at radius 3 is 2.56 bits per heavy atom. The Hall–Kier alpha value is -4.42. The standard InChI is InChI=1S/C29H31N3O8S/c1-21-9-8-12-26(15-21)41(36,37)31(30-14-7-6-13-28(33)38-2)24-17-23(18-25(19-24)32(34)35)27-20-39-29(40-27)16-22-10-4-3-5-11-22/h3-5,8-12,15,17-20,29-30H,6-7,13-14,16H2,1-2H3. The van der Waals surface area contributed by atoms with Gasteiger partial charge in [-0.05, 0) is 49.1 Å². The van der Waals surface area contributed by atoms with Crippen molar-refractivity contribution in [1.82, 2.24) is 5.43 Å². The SMILES string of the molecule is COC(=O)CCCCNN(c1cc(C2=COC(Cc3ccccc3)O2)cc([N+](=O)[O-])c1)S(=O)(=O)c1cccc(C)c1. The quantitative estimate of drug-likeness (QED) is 0.130. The number of hydrazine groups is 1. The van der Waals surface area contributed by atoms with Gasteiger partial charge in [-0.15, -0.1) is 0 Å². The Balaban J connectivity index is 1.64. The number of nitrogens with zero attached hydrogens (tertiary/aromatic N) is 2. The van der Waals surface area contributed by atoms with Crippen LogP contribution in [0.3, 0.4) is 0 Å². The largest absolute Gasteiger partial charge is 0.469 e. The van der Waals surface area contributed by atoms with E-state index in [1.165, 1.54) is 43.7 Å². The molecular weight excluding hydrogens is 550 g/mol. The highest BCUT2D eigenvalue weighted by molar-refractivity contribution is 7.92. The van der Waals surface area contributed by atoms with E-state index in [1.807, 2.05) is 30.3 Å². The van der Waals surface area contributed by atoms with E-state index in [0.717, 1.165) is 15.5 Å². The third-order valence-electron chi connectivity index (χ3n) is 6.28. The molecule has 0 fully saturated rings. The van der Waals surface area contributed by atoms with Crippen LogP contribution in [0.4, 0.5) is 11.4 Å². The zero-order valence-corrected chi connectivity index (χ0v) is 23.5. The van der Waals surface area contributed by atoms with Crippen LogP contribution < -0.4 is 9.84 Å². The topological polar surface area (TPSA) is 137 Å². The van der Waals surface area contributed by atoms with Gasteiger partial charge in [0.25, 0.3) is 15.7 Å². The molecule has 1 aliphatic heterocycles. The van der Waals surface area contributed by atoms with Gasteiger partial charge >= 0.3 is 5.97 Å². The number of rotatable bonds is 13. The molecule has 216 valence electrons. The van der Waals surface area contributed by atoms with Gasteiger partial charge in [-0.1, -0.05) is 42.5 Å². The molecule has 0 saturated heterocycles. The number of nitrogens with one attached hydrogen (secondary N) is 1. The summed E-state index contributed by atoms with van der Waals surface area (Å²) < 4.78 is 44.8. The zero-order chi connectivity index (χ0) is 29.4. The Bertz CT molecular complexity index is 1530. The number of ether oxygens (including phenoxy) is 3. The molecule has 4 rings (SSSR count). The molecule has 0 bridgehead atoms. The first kappa shape index (κ1) is 29.6. The first-order valence-electron chi connectivity index (χ1n) is 13.0. The fourth-order valence-electron chi connectivity index (χ4n) is 4.20. The predicted octanol–water partition coefficient (Wildman–Crippen LogP) is 4.86. The summed E-state index contributed by atoms with van der Waals surface area (Å²) in [6.07, 6.45) is 2.26. The van der Waals surface area contributed by atoms with Crippen molar-refractivity contribution in [2.24, 2.45) is 0 Å². The van der Waals surface area contributed by atoms with E-state index in [2.05, 4.69) is 10.2 Å². The summed E-state index contributed by atoms with van der Waals surface area (Å²) in [5, 5.41) is 11.9. The maximum Gasteiger partial charge on any atom is 0.305 e. The molecule has 0 amide bonds. The molecule has 11 nitrogen and oxygen atoms in total. The summed E-state index contributed by atoms with van der Waals surface area (Å²) in [4.78, 5) is 22.8. The number of nitro benzene ring substituents is 1. The lowest BCUT2D eigenvalue weighted by Crippen LogP contribution is -2.43. The number of nitro groups is 1. The van der Waals surface area contributed by atoms with Gasteiger partial charge in [-0.25, -0.2) is 5.43 Å². The number of aryl methyl sites for hydroxylation is 1. The van der Waals surface area contributed by atoms with Crippen molar-refractivity contribution in [3.63, 3.8) is 0 Å². The average molecular weight is 582 g/mol. The van der Waals surface area contributed by atoms with Crippen LogP contribution >= 0.6 is 0 Å². The van der Waals surface area contributed by atoms with Crippen LogP contribution in [-0.4, -0.2) is 39.3 Å². The highest BCUT2D eigenvalue weighted by Crippen LogP contribution is 2.34. The van der Waals surface area contributed by atoms with Crippen LogP contribution in [0.2, 0.25) is 0 Å². The minimum Gasteiger partial charge on any atom is -0.469 e. The Labute approximate surface area is 238 Å². The molecule has 1 unspecified atom stereocenters. The van der Waals surface area contributed by atoms with E-state index < -0.39 is 21.2 Å². The van der Waals surface area contributed by atoms with E-state index in [0.29, 0.717) is 19.3 Å². The van der Waals surface area contributed by atoms with Gasteiger partial charge < -0.3 is 14.2 Å². The smallest absolute Gasteiger partial charge is 0.305 e. The lowest BCUT2D eigenvalue weighted by molar-refractivity contribution is -0.384. The fraction of sp³-hybridized carbons (Fsp3) is 0.276. The van der Waals surface area contributed by atoms with Crippen LogP contribution in [0.15, 0.2) is 84.0 Å². The third-order valence-corrected chi connectivity index (χ3v) is 7.95. The number of methoxy groups -OCH3 is 1. The second-order valence-corrected chi connectivity index (χ2v) is 11.2. The normalized spacial score (nSPS) is 14.5. The first-order chi connectivity index (χ1) is 19.7. The number of hydrogen-bond donors (Lipinski definition) is 1. The second-order valence-electron chi connectivity index (χ2n) is 9.38. The van der Waals surface area contributed by atoms with Crippen molar-refractivity contribution in [2.45, 2.75) is 43.8 Å². The minimum absolute atomic E-state index is 0.00945. The molecule has 41 heavy (non-hydrogen) atoms. The van der Waals surface area contributed by atoms with Crippen molar-refractivity contribution >= 4 is 33.1 Å². The number of anilines is 1. The maximum absolute atomic E-state index is 13.8. The lowest BCUT2D eigenvalue weighted by Gasteiger charge is -2.26. The van der Waals surface area contributed by atoms with Gasteiger partial charge in [-0.3, -0.25) is 14.9 Å². The Morgan fingerprint density at radius 2 is 1.85 bits per heavy atom. The molecular formula is C29H31N3O8S. The fourth-order valence-corrected chi connectivity index (χ4v) is 5.64. The molecule has 0 spiro atoms. The van der Waals surface area contributed by atoms with Crippen LogP contribution in [0.25, 0.3) is 5.76 Å². The summed E-state index contributed by atoms with van der Waals surface area (Å²) in [6, 6.07) is 19.9. The van der Waals surface area contributed by atoms with Gasteiger partial charge in [0, 0.05) is 37.1 Å². The van der Waals surface area contributed by atoms with Gasteiger partial charge in [0.15, 0.2) is 5.76 Å². The summed E-state index contributed by atoms with van der Waals surface area (Å²) in [5.41, 5.74) is 4.57. The molecule has 0 radical (unpaired) electrons. The van der Waals surface area contributed by atoms with E-state index in [1.54, 1.807) is 19.1 Å². The van der Waals surface area contributed by atoms with Crippen LogP contribution in [0.1, 0.15) is 36.0 Å². The monoisotopic (exact) mass is 581 g/mol. The molecule has 1 aliphatic rings.